The van der Waals surface area contributed by atoms with Crippen molar-refractivity contribution in [3.8, 4) is 0 Å². The second-order valence-electron chi connectivity index (χ2n) is 4.94. The Hall–Kier alpha value is -1.62. The Balaban J connectivity index is 1.65. The van der Waals surface area contributed by atoms with Gasteiger partial charge in [0.15, 0.2) is 5.65 Å². The molecule has 0 saturated heterocycles. The van der Waals surface area contributed by atoms with Gasteiger partial charge in [-0.05, 0) is 18.9 Å². The minimum Gasteiger partial charge on any atom is -0.393 e. The molecule has 5 heteroatoms. The quantitative estimate of drug-likeness (QED) is 0.865. The zero-order valence-electron chi connectivity index (χ0n) is 10.3. The van der Waals surface area contributed by atoms with Crippen LogP contribution in [0, 0.1) is 5.92 Å². The van der Waals surface area contributed by atoms with Crippen LogP contribution in [0.1, 0.15) is 25.7 Å². The number of hydrogen-bond acceptors (Lipinski definition) is 4. The molecular formula is C13H18N4O. The average Bonchev–Trinajstić information content (AvgIpc) is 2.85. The summed E-state index contributed by atoms with van der Waals surface area (Å²) in [5.41, 5.74) is 0.837. The second-order valence-corrected chi connectivity index (χ2v) is 4.94. The highest BCUT2D eigenvalue weighted by molar-refractivity contribution is 5.45. The SMILES string of the molecule is OC1CCCCC1CNc1ccn2nccc2n1. The van der Waals surface area contributed by atoms with E-state index < -0.39 is 0 Å². The van der Waals surface area contributed by atoms with E-state index in [0.29, 0.717) is 5.92 Å². The first-order valence-electron chi connectivity index (χ1n) is 6.55. The third-order valence-electron chi connectivity index (χ3n) is 3.67. The standard InChI is InChI=1S/C13H18N4O/c18-11-4-2-1-3-10(11)9-14-12-6-8-17-13(16-12)5-7-15-17/h5-8,10-11,18H,1-4,9H2,(H,14,16). The van der Waals surface area contributed by atoms with Crippen LogP contribution < -0.4 is 5.32 Å². The van der Waals surface area contributed by atoms with Gasteiger partial charge in [0.05, 0.1) is 12.3 Å². The second kappa shape index (κ2) is 4.94. The highest BCUT2D eigenvalue weighted by Crippen LogP contribution is 2.24. The van der Waals surface area contributed by atoms with Crippen LogP contribution in [0.5, 0.6) is 0 Å². The molecule has 2 unspecified atom stereocenters. The van der Waals surface area contributed by atoms with Gasteiger partial charge in [-0.2, -0.15) is 5.10 Å². The van der Waals surface area contributed by atoms with Crippen molar-refractivity contribution in [2.75, 3.05) is 11.9 Å². The van der Waals surface area contributed by atoms with E-state index in [2.05, 4.69) is 15.4 Å². The Labute approximate surface area is 106 Å². The van der Waals surface area contributed by atoms with Crippen molar-refractivity contribution in [1.82, 2.24) is 14.6 Å². The van der Waals surface area contributed by atoms with E-state index in [1.807, 2.05) is 18.3 Å². The predicted octanol–water partition coefficient (Wildman–Crippen LogP) is 1.69. The molecule has 1 saturated carbocycles. The van der Waals surface area contributed by atoms with Gasteiger partial charge in [0.2, 0.25) is 0 Å². The largest absolute Gasteiger partial charge is 0.393 e. The van der Waals surface area contributed by atoms with Crippen LogP contribution in [0.2, 0.25) is 0 Å². The molecule has 2 atom stereocenters. The maximum atomic E-state index is 9.91. The molecule has 96 valence electrons. The number of fused-ring (bicyclic) bond motifs is 1. The van der Waals surface area contributed by atoms with Crippen molar-refractivity contribution in [3.63, 3.8) is 0 Å². The zero-order valence-corrected chi connectivity index (χ0v) is 10.3. The highest BCUT2D eigenvalue weighted by Gasteiger charge is 2.22. The monoisotopic (exact) mass is 246 g/mol. The Morgan fingerprint density at radius 1 is 1.33 bits per heavy atom. The fraction of sp³-hybridized carbons (Fsp3) is 0.538. The first kappa shape index (κ1) is 11.5. The Kier molecular flexibility index (Phi) is 3.15. The molecule has 2 N–H and O–H groups in total. The summed E-state index contributed by atoms with van der Waals surface area (Å²) in [6.07, 6.45) is 7.87. The van der Waals surface area contributed by atoms with Crippen LogP contribution in [0.3, 0.4) is 0 Å². The molecule has 2 aromatic rings. The molecule has 5 nitrogen and oxygen atoms in total. The summed E-state index contributed by atoms with van der Waals surface area (Å²) < 4.78 is 1.74. The van der Waals surface area contributed by atoms with E-state index in [1.165, 1.54) is 6.42 Å². The molecule has 0 aromatic carbocycles. The van der Waals surface area contributed by atoms with E-state index in [0.717, 1.165) is 37.3 Å². The van der Waals surface area contributed by atoms with Gasteiger partial charge in [0.25, 0.3) is 0 Å². The lowest BCUT2D eigenvalue weighted by Crippen LogP contribution is -2.30. The molecule has 1 aliphatic carbocycles. The fourth-order valence-corrected chi connectivity index (χ4v) is 2.57. The number of anilines is 1. The summed E-state index contributed by atoms with van der Waals surface area (Å²) >= 11 is 0. The zero-order chi connectivity index (χ0) is 12.4. The summed E-state index contributed by atoms with van der Waals surface area (Å²) in [5, 5.41) is 17.3. The number of aromatic nitrogens is 3. The van der Waals surface area contributed by atoms with Gasteiger partial charge in [0, 0.05) is 24.7 Å². The predicted molar refractivity (Wildman–Crippen MR) is 69.4 cm³/mol. The van der Waals surface area contributed by atoms with Gasteiger partial charge in [0.1, 0.15) is 5.82 Å². The Bertz CT molecular complexity index is 524. The molecule has 2 aromatic heterocycles. The molecule has 3 rings (SSSR count). The van der Waals surface area contributed by atoms with Gasteiger partial charge < -0.3 is 10.4 Å². The summed E-state index contributed by atoms with van der Waals surface area (Å²) in [6, 6.07) is 3.79. The number of hydrogen-bond donors (Lipinski definition) is 2. The lowest BCUT2D eigenvalue weighted by molar-refractivity contribution is 0.0763. The smallest absolute Gasteiger partial charge is 0.157 e. The maximum absolute atomic E-state index is 9.91. The van der Waals surface area contributed by atoms with Gasteiger partial charge in [-0.15, -0.1) is 0 Å². The number of aliphatic hydroxyl groups is 1. The van der Waals surface area contributed by atoms with Crippen molar-refractivity contribution in [3.05, 3.63) is 24.5 Å². The van der Waals surface area contributed by atoms with Gasteiger partial charge >= 0.3 is 0 Å². The average molecular weight is 246 g/mol. The number of rotatable bonds is 3. The number of nitrogens with zero attached hydrogens (tertiary/aromatic N) is 3. The molecule has 0 spiro atoms. The lowest BCUT2D eigenvalue weighted by Gasteiger charge is -2.27. The topological polar surface area (TPSA) is 62.5 Å². The van der Waals surface area contributed by atoms with Gasteiger partial charge in [-0.3, -0.25) is 0 Å². The molecule has 0 radical (unpaired) electrons. The Morgan fingerprint density at radius 3 is 3.11 bits per heavy atom. The minimum atomic E-state index is -0.162. The van der Waals surface area contributed by atoms with E-state index in [1.54, 1.807) is 10.7 Å². The van der Waals surface area contributed by atoms with Crippen LogP contribution in [-0.4, -0.2) is 32.4 Å². The van der Waals surface area contributed by atoms with Gasteiger partial charge in [-0.1, -0.05) is 12.8 Å². The van der Waals surface area contributed by atoms with E-state index in [-0.39, 0.29) is 6.10 Å². The van der Waals surface area contributed by atoms with Crippen molar-refractivity contribution >= 4 is 11.5 Å². The molecule has 0 amide bonds. The highest BCUT2D eigenvalue weighted by atomic mass is 16.3. The van der Waals surface area contributed by atoms with Crippen molar-refractivity contribution < 1.29 is 5.11 Å². The Morgan fingerprint density at radius 2 is 2.22 bits per heavy atom. The molecule has 1 fully saturated rings. The molecule has 18 heavy (non-hydrogen) atoms. The van der Waals surface area contributed by atoms with Crippen molar-refractivity contribution in [2.45, 2.75) is 31.8 Å². The third kappa shape index (κ3) is 2.31. The molecule has 0 bridgehead atoms. The van der Waals surface area contributed by atoms with Crippen LogP contribution in [0.15, 0.2) is 24.5 Å². The van der Waals surface area contributed by atoms with Gasteiger partial charge in [-0.25, -0.2) is 9.50 Å². The summed E-state index contributed by atoms with van der Waals surface area (Å²) in [5.74, 6) is 1.20. The van der Waals surface area contributed by atoms with Crippen LogP contribution >= 0.6 is 0 Å². The molecule has 0 aliphatic heterocycles. The first-order chi connectivity index (χ1) is 8.83. The van der Waals surface area contributed by atoms with E-state index in [9.17, 15) is 5.11 Å². The van der Waals surface area contributed by atoms with Crippen LogP contribution in [-0.2, 0) is 0 Å². The summed E-state index contributed by atoms with van der Waals surface area (Å²) in [7, 11) is 0. The van der Waals surface area contributed by atoms with Crippen molar-refractivity contribution in [2.24, 2.45) is 5.92 Å². The molecular weight excluding hydrogens is 228 g/mol. The van der Waals surface area contributed by atoms with Crippen LogP contribution in [0.25, 0.3) is 5.65 Å². The first-order valence-corrected chi connectivity index (χ1v) is 6.55. The van der Waals surface area contributed by atoms with E-state index in [4.69, 9.17) is 0 Å². The van der Waals surface area contributed by atoms with Crippen molar-refractivity contribution in [1.29, 1.82) is 0 Å². The van der Waals surface area contributed by atoms with Crippen LogP contribution in [0.4, 0.5) is 5.82 Å². The minimum absolute atomic E-state index is 0.162. The molecule has 2 heterocycles. The fourth-order valence-electron chi connectivity index (χ4n) is 2.57. The van der Waals surface area contributed by atoms with E-state index >= 15 is 0 Å². The third-order valence-corrected chi connectivity index (χ3v) is 3.67. The normalized spacial score (nSPS) is 24.3. The number of aliphatic hydroxyl groups excluding tert-OH is 1. The summed E-state index contributed by atoms with van der Waals surface area (Å²) in [4.78, 5) is 4.45. The lowest BCUT2D eigenvalue weighted by atomic mass is 9.86. The number of nitrogens with one attached hydrogen (secondary N) is 1. The summed E-state index contributed by atoms with van der Waals surface area (Å²) in [6.45, 7) is 0.790. The molecule has 1 aliphatic rings. The maximum Gasteiger partial charge on any atom is 0.157 e.